The molecule has 3 aromatic carbocycles. The summed E-state index contributed by atoms with van der Waals surface area (Å²) >= 11 is 0. The Labute approximate surface area is 190 Å². The first kappa shape index (κ1) is 23.4. The van der Waals surface area contributed by atoms with Crippen LogP contribution in [0.2, 0.25) is 0 Å². The van der Waals surface area contributed by atoms with E-state index in [0.717, 1.165) is 59.1 Å². The Balaban J connectivity index is 1.94. The smallest absolute Gasteiger partial charge is 0.163 e. The van der Waals surface area contributed by atoms with Crippen LogP contribution < -0.4 is 0 Å². The zero-order valence-corrected chi connectivity index (χ0v) is 19.1. The van der Waals surface area contributed by atoms with E-state index in [9.17, 15) is 14.4 Å². The van der Waals surface area contributed by atoms with Crippen molar-refractivity contribution in [1.29, 1.82) is 5.26 Å². The Morgan fingerprint density at radius 3 is 2.50 bits per heavy atom. The Morgan fingerprint density at radius 1 is 1.00 bits per heavy atom. The lowest BCUT2D eigenvalue weighted by Gasteiger charge is -2.16. The maximum absolute atomic E-state index is 13.5. The Morgan fingerprint density at radius 2 is 1.78 bits per heavy atom. The number of Topliss-reactive ketones (excluding diaryl/α,β-unsaturated/α-hetero) is 1. The third-order valence-corrected chi connectivity index (χ3v) is 5.84. The molecule has 3 aromatic rings. The van der Waals surface area contributed by atoms with Crippen molar-refractivity contribution in [2.24, 2.45) is 5.92 Å². The summed E-state index contributed by atoms with van der Waals surface area (Å²) in [5, 5.41) is 9.56. The fraction of sp³-hybridized carbons (Fsp3) is 0.310. The maximum atomic E-state index is 13.5. The SMILES string of the molecule is Cc1cc(C(=O)CCC(C)C)c(CCCc2cccc(F)c2)cc1-c1ccccc1C#N. The number of hydrogen-bond donors (Lipinski definition) is 0. The second-order valence-corrected chi connectivity index (χ2v) is 8.82. The number of nitriles is 1. The number of nitrogens with zero attached hydrogens (tertiary/aromatic N) is 1. The minimum atomic E-state index is -0.224. The molecule has 0 aliphatic rings. The molecule has 0 bridgehead atoms. The predicted molar refractivity (Wildman–Crippen MR) is 128 cm³/mol. The summed E-state index contributed by atoms with van der Waals surface area (Å²) in [5.41, 5.74) is 6.24. The summed E-state index contributed by atoms with van der Waals surface area (Å²) in [5.74, 6) is 0.415. The van der Waals surface area contributed by atoms with Gasteiger partial charge in [-0.15, -0.1) is 0 Å². The topological polar surface area (TPSA) is 40.9 Å². The van der Waals surface area contributed by atoms with Gasteiger partial charge in [0.25, 0.3) is 0 Å². The molecule has 0 amide bonds. The molecule has 0 heterocycles. The summed E-state index contributed by atoms with van der Waals surface area (Å²) < 4.78 is 13.5. The number of carbonyl (C=O) groups is 1. The van der Waals surface area contributed by atoms with Crippen molar-refractivity contribution < 1.29 is 9.18 Å². The third-order valence-electron chi connectivity index (χ3n) is 5.84. The molecule has 0 aliphatic carbocycles. The molecule has 2 nitrogen and oxygen atoms in total. The summed E-state index contributed by atoms with van der Waals surface area (Å²) in [4.78, 5) is 13.1. The van der Waals surface area contributed by atoms with Gasteiger partial charge in [0.05, 0.1) is 11.6 Å². The lowest BCUT2D eigenvalue weighted by molar-refractivity contribution is 0.0974. The molecule has 0 radical (unpaired) electrons. The zero-order chi connectivity index (χ0) is 23.1. The quantitative estimate of drug-likeness (QED) is 0.332. The van der Waals surface area contributed by atoms with Crippen LogP contribution in [0.1, 0.15) is 65.7 Å². The van der Waals surface area contributed by atoms with Gasteiger partial charge in [-0.25, -0.2) is 4.39 Å². The van der Waals surface area contributed by atoms with Crippen LogP contribution >= 0.6 is 0 Å². The van der Waals surface area contributed by atoms with Gasteiger partial charge in [0.1, 0.15) is 5.82 Å². The van der Waals surface area contributed by atoms with E-state index >= 15 is 0 Å². The molecule has 0 N–H and O–H groups in total. The lowest BCUT2D eigenvalue weighted by Crippen LogP contribution is -2.08. The van der Waals surface area contributed by atoms with E-state index in [1.54, 1.807) is 12.1 Å². The highest BCUT2D eigenvalue weighted by Gasteiger charge is 2.17. The number of hydrogen-bond acceptors (Lipinski definition) is 2. The number of benzene rings is 3. The molecule has 32 heavy (non-hydrogen) atoms. The van der Waals surface area contributed by atoms with E-state index < -0.39 is 0 Å². The van der Waals surface area contributed by atoms with Crippen LogP contribution in [0.4, 0.5) is 4.39 Å². The van der Waals surface area contributed by atoms with Crippen LogP contribution in [0.5, 0.6) is 0 Å². The molecule has 0 saturated carbocycles. The molecule has 164 valence electrons. The highest BCUT2D eigenvalue weighted by atomic mass is 19.1. The molecular formula is C29H30FNO. The predicted octanol–water partition coefficient (Wildman–Crippen LogP) is 7.47. The van der Waals surface area contributed by atoms with Crippen LogP contribution in [-0.2, 0) is 12.8 Å². The standard InChI is InChI=1S/C29H30FNO/c1-20(2)14-15-29(32)28-16-21(3)27(26-13-5-4-10-24(26)19-31)18-23(28)11-6-8-22-9-7-12-25(30)17-22/h4-5,7,9-10,12-13,16-18,20H,6,8,11,14-15H2,1-3H3. The summed E-state index contributed by atoms with van der Waals surface area (Å²) in [6, 6.07) is 20.6. The van der Waals surface area contributed by atoms with E-state index in [0.29, 0.717) is 17.9 Å². The second kappa shape index (κ2) is 10.9. The van der Waals surface area contributed by atoms with Gasteiger partial charge in [0.2, 0.25) is 0 Å². The van der Waals surface area contributed by atoms with Gasteiger partial charge >= 0.3 is 0 Å². The zero-order valence-electron chi connectivity index (χ0n) is 19.1. The van der Waals surface area contributed by atoms with Crippen molar-refractivity contribution in [2.45, 2.75) is 52.9 Å². The molecule has 0 fully saturated rings. The van der Waals surface area contributed by atoms with Crippen LogP contribution in [0.25, 0.3) is 11.1 Å². The average Bonchev–Trinajstić information content (AvgIpc) is 2.78. The highest BCUT2D eigenvalue weighted by Crippen LogP contribution is 2.31. The Bertz CT molecular complexity index is 1140. The number of halogens is 1. The average molecular weight is 428 g/mol. The van der Waals surface area contributed by atoms with Crippen LogP contribution in [0, 0.1) is 30.0 Å². The molecular weight excluding hydrogens is 397 g/mol. The van der Waals surface area contributed by atoms with E-state index in [2.05, 4.69) is 26.0 Å². The fourth-order valence-electron chi connectivity index (χ4n) is 4.05. The Kier molecular flexibility index (Phi) is 7.95. The van der Waals surface area contributed by atoms with E-state index in [4.69, 9.17) is 0 Å². The van der Waals surface area contributed by atoms with Crippen LogP contribution in [0.3, 0.4) is 0 Å². The number of ketones is 1. The molecule has 0 spiro atoms. The molecule has 3 heteroatoms. The monoisotopic (exact) mass is 427 g/mol. The first-order chi connectivity index (χ1) is 15.4. The van der Waals surface area contributed by atoms with Gasteiger partial charge in [-0.3, -0.25) is 4.79 Å². The van der Waals surface area contributed by atoms with Crippen molar-refractivity contribution in [1.82, 2.24) is 0 Å². The lowest BCUT2D eigenvalue weighted by atomic mass is 9.87. The molecule has 0 aliphatic heterocycles. The van der Waals surface area contributed by atoms with Crippen molar-refractivity contribution in [2.75, 3.05) is 0 Å². The summed E-state index contributed by atoms with van der Waals surface area (Å²) in [7, 11) is 0. The largest absolute Gasteiger partial charge is 0.294 e. The molecule has 3 rings (SSSR count). The first-order valence-electron chi connectivity index (χ1n) is 11.3. The minimum absolute atomic E-state index is 0.169. The van der Waals surface area contributed by atoms with Gasteiger partial charge in [0.15, 0.2) is 5.78 Å². The summed E-state index contributed by atoms with van der Waals surface area (Å²) in [6.07, 6.45) is 3.68. The van der Waals surface area contributed by atoms with Crippen molar-refractivity contribution in [3.63, 3.8) is 0 Å². The van der Waals surface area contributed by atoms with Gasteiger partial charge in [-0.2, -0.15) is 5.26 Å². The molecule has 0 atom stereocenters. The van der Waals surface area contributed by atoms with Gasteiger partial charge in [-0.05, 0) is 90.6 Å². The third kappa shape index (κ3) is 5.92. The maximum Gasteiger partial charge on any atom is 0.163 e. The van der Waals surface area contributed by atoms with Gasteiger partial charge in [0, 0.05) is 12.0 Å². The Hall–Kier alpha value is -3.25. The molecule has 0 aromatic heterocycles. The van der Waals surface area contributed by atoms with Crippen LogP contribution in [0.15, 0.2) is 60.7 Å². The van der Waals surface area contributed by atoms with Crippen LogP contribution in [-0.4, -0.2) is 5.78 Å². The molecule has 0 saturated heterocycles. The van der Waals surface area contributed by atoms with E-state index in [-0.39, 0.29) is 11.6 Å². The van der Waals surface area contributed by atoms with Crippen molar-refractivity contribution >= 4 is 5.78 Å². The summed E-state index contributed by atoms with van der Waals surface area (Å²) in [6.45, 7) is 6.25. The number of aryl methyl sites for hydroxylation is 3. The highest BCUT2D eigenvalue weighted by molar-refractivity contribution is 5.98. The number of carbonyl (C=O) groups excluding carboxylic acids is 1. The van der Waals surface area contributed by atoms with E-state index in [1.165, 1.54) is 6.07 Å². The van der Waals surface area contributed by atoms with Crippen molar-refractivity contribution in [3.05, 3.63) is 94.3 Å². The first-order valence-corrected chi connectivity index (χ1v) is 11.3. The second-order valence-electron chi connectivity index (χ2n) is 8.82. The normalized spacial score (nSPS) is 10.9. The minimum Gasteiger partial charge on any atom is -0.294 e. The fourth-order valence-corrected chi connectivity index (χ4v) is 4.05. The van der Waals surface area contributed by atoms with Gasteiger partial charge < -0.3 is 0 Å². The molecule has 0 unspecified atom stereocenters. The van der Waals surface area contributed by atoms with E-state index in [1.807, 2.05) is 43.3 Å². The van der Waals surface area contributed by atoms with Gasteiger partial charge in [-0.1, -0.05) is 50.2 Å². The van der Waals surface area contributed by atoms with Crippen molar-refractivity contribution in [3.8, 4) is 17.2 Å². The number of rotatable bonds is 9.